The van der Waals surface area contributed by atoms with E-state index in [0.717, 1.165) is 18.7 Å². The van der Waals surface area contributed by atoms with Crippen molar-refractivity contribution < 1.29 is 19.1 Å². The van der Waals surface area contributed by atoms with E-state index in [9.17, 15) is 9.59 Å². The van der Waals surface area contributed by atoms with E-state index in [-0.39, 0.29) is 30.1 Å². The fraction of sp³-hybridized carbons (Fsp3) is 0.556. The van der Waals surface area contributed by atoms with Gasteiger partial charge >= 0.3 is 5.97 Å². The largest absolute Gasteiger partial charge is 0.465 e. The molecule has 0 aliphatic carbocycles. The van der Waals surface area contributed by atoms with Crippen molar-refractivity contribution in [1.29, 1.82) is 0 Å². The molecule has 0 radical (unpaired) electrons. The van der Waals surface area contributed by atoms with Crippen molar-refractivity contribution in [3.63, 3.8) is 0 Å². The quantitative estimate of drug-likeness (QED) is 0.828. The number of methoxy groups -OCH3 is 1. The molecule has 1 saturated heterocycles. The summed E-state index contributed by atoms with van der Waals surface area (Å²) < 4.78 is 10.4. The fourth-order valence-corrected chi connectivity index (χ4v) is 2.91. The standard InChI is InChI=1S/C18H26N2O4/c1-12-10-20(11-13(2)24-12)14(3)17(21)19-9-15-5-7-16(8-6-15)18(22)23-4/h5-8,12-14H,9-11H2,1-4H3,(H,19,21)/t12-,13+,14-/m0/s1. The first kappa shape index (κ1) is 18.4. The van der Waals surface area contributed by atoms with E-state index in [1.165, 1.54) is 7.11 Å². The topological polar surface area (TPSA) is 67.9 Å². The highest BCUT2D eigenvalue weighted by Gasteiger charge is 2.29. The highest BCUT2D eigenvalue weighted by atomic mass is 16.5. The second-order valence-corrected chi connectivity index (χ2v) is 6.29. The van der Waals surface area contributed by atoms with E-state index in [4.69, 9.17) is 4.74 Å². The molecule has 0 saturated carbocycles. The fourth-order valence-electron chi connectivity index (χ4n) is 2.91. The third kappa shape index (κ3) is 4.79. The molecule has 1 heterocycles. The summed E-state index contributed by atoms with van der Waals surface area (Å²) in [7, 11) is 1.35. The average Bonchev–Trinajstić information content (AvgIpc) is 2.57. The molecule has 0 aromatic heterocycles. The van der Waals surface area contributed by atoms with Crippen LogP contribution in [-0.4, -0.2) is 55.2 Å². The number of ether oxygens (including phenoxy) is 2. The zero-order valence-electron chi connectivity index (χ0n) is 14.7. The summed E-state index contributed by atoms with van der Waals surface area (Å²) in [5.74, 6) is -0.372. The zero-order valence-corrected chi connectivity index (χ0v) is 14.7. The van der Waals surface area contributed by atoms with Gasteiger partial charge in [-0.05, 0) is 38.5 Å². The summed E-state index contributed by atoms with van der Waals surface area (Å²) in [5, 5.41) is 2.95. The summed E-state index contributed by atoms with van der Waals surface area (Å²) in [6.45, 7) is 7.91. The van der Waals surface area contributed by atoms with Crippen LogP contribution in [0.5, 0.6) is 0 Å². The monoisotopic (exact) mass is 334 g/mol. The maximum Gasteiger partial charge on any atom is 0.337 e. The van der Waals surface area contributed by atoms with Crippen LogP contribution in [0.3, 0.4) is 0 Å². The first-order chi connectivity index (χ1) is 11.4. The molecule has 0 bridgehead atoms. The van der Waals surface area contributed by atoms with Gasteiger partial charge in [-0.3, -0.25) is 9.69 Å². The van der Waals surface area contributed by atoms with Gasteiger partial charge < -0.3 is 14.8 Å². The number of carbonyl (C=O) groups is 2. The molecule has 2 rings (SSSR count). The predicted molar refractivity (Wildman–Crippen MR) is 90.7 cm³/mol. The van der Waals surface area contributed by atoms with E-state index in [2.05, 4.69) is 15.0 Å². The number of nitrogens with zero attached hydrogens (tertiary/aromatic N) is 1. The molecule has 132 valence electrons. The number of carbonyl (C=O) groups excluding carboxylic acids is 2. The first-order valence-electron chi connectivity index (χ1n) is 8.25. The van der Waals surface area contributed by atoms with Crippen LogP contribution in [-0.2, 0) is 20.8 Å². The predicted octanol–water partition coefficient (Wildman–Crippen LogP) is 1.59. The minimum Gasteiger partial charge on any atom is -0.465 e. The van der Waals surface area contributed by atoms with Crippen molar-refractivity contribution in [2.75, 3.05) is 20.2 Å². The van der Waals surface area contributed by atoms with Crippen molar-refractivity contribution in [3.8, 4) is 0 Å². The van der Waals surface area contributed by atoms with E-state index in [0.29, 0.717) is 12.1 Å². The van der Waals surface area contributed by atoms with Crippen LogP contribution in [0.4, 0.5) is 0 Å². The summed E-state index contributed by atoms with van der Waals surface area (Å²) in [6, 6.07) is 6.82. The Hall–Kier alpha value is -1.92. The van der Waals surface area contributed by atoms with E-state index < -0.39 is 0 Å². The van der Waals surface area contributed by atoms with Crippen LogP contribution in [0.2, 0.25) is 0 Å². The summed E-state index contributed by atoms with van der Waals surface area (Å²) >= 11 is 0. The SMILES string of the molecule is COC(=O)c1ccc(CNC(=O)[C@H](C)N2C[C@@H](C)O[C@@H](C)C2)cc1. The Balaban J connectivity index is 1.87. The van der Waals surface area contributed by atoms with Crippen molar-refractivity contribution >= 4 is 11.9 Å². The van der Waals surface area contributed by atoms with E-state index in [1.54, 1.807) is 12.1 Å². The molecule has 24 heavy (non-hydrogen) atoms. The molecule has 0 spiro atoms. The van der Waals surface area contributed by atoms with Crippen molar-refractivity contribution in [1.82, 2.24) is 10.2 Å². The third-order valence-corrected chi connectivity index (χ3v) is 4.22. The van der Waals surface area contributed by atoms with Crippen LogP contribution in [0.1, 0.15) is 36.7 Å². The first-order valence-corrected chi connectivity index (χ1v) is 8.25. The molecule has 1 amide bonds. The summed E-state index contributed by atoms with van der Waals surface area (Å²) in [5.41, 5.74) is 1.43. The second-order valence-electron chi connectivity index (χ2n) is 6.29. The minimum atomic E-state index is -0.366. The zero-order chi connectivity index (χ0) is 17.7. The molecule has 1 aromatic carbocycles. The third-order valence-electron chi connectivity index (χ3n) is 4.22. The molecular formula is C18H26N2O4. The smallest absolute Gasteiger partial charge is 0.337 e. The van der Waals surface area contributed by atoms with E-state index >= 15 is 0 Å². The lowest BCUT2D eigenvalue weighted by Gasteiger charge is -2.38. The molecule has 3 atom stereocenters. The van der Waals surface area contributed by atoms with Gasteiger partial charge in [0.15, 0.2) is 0 Å². The lowest BCUT2D eigenvalue weighted by molar-refractivity contribution is -0.131. The molecule has 1 aromatic rings. The highest BCUT2D eigenvalue weighted by molar-refractivity contribution is 5.89. The highest BCUT2D eigenvalue weighted by Crippen LogP contribution is 2.14. The maximum atomic E-state index is 12.4. The Morgan fingerprint density at radius 3 is 2.38 bits per heavy atom. The van der Waals surface area contributed by atoms with Gasteiger partial charge in [0.2, 0.25) is 5.91 Å². The normalized spacial score (nSPS) is 22.7. The summed E-state index contributed by atoms with van der Waals surface area (Å²) in [6.07, 6.45) is 0.268. The van der Waals surface area contributed by atoms with E-state index in [1.807, 2.05) is 32.9 Å². The maximum absolute atomic E-state index is 12.4. The van der Waals surface area contributed by atoms with Crippen LogP contribution in [0, 0.1) is 0 Å². The number of morpholine rings is 1. The molecule has 6 heteroatoms. The molecule has 1 fully saturated rings. The van der Waals surface area contributed by atoms with Crippen LogP contribution in [0.15, 0.2) is 24.3 Å². The molecule has 0 unspecified atom stereocenters. The molecule has 6 nitrogen and oxygen atoms in total. The van der Waals surface area contributed by atoms with Gasteiger partial charge in [-0.25, -0.2) is 4.79 Å². The molecule has 1 aliphatic heterocycles. The number of hydrogen-bond donors (Lipinski definition) is 1. The Bertz CT molecular complexity index is 563. The molecule has 1 aliphatic rings. The van der Waals surface area contributed by atoms with Gasteiger partial charge in [-0.15, -0.1) is 0 Å². The van der Waals surface area contributed by atoms with Gasteiger partial charge in [0.25, 0.3) is 0 Å². The molecule has 1 N–H and O–H groups in total. The lowest BCUT2D eigenvalue weighted by Crippen LogP contribution is -2.53. The number of rotatable bonds is 5. The number of benzene rings is 1. The summed E-state index contributed by atoms with van der Waals surface area (Å²) in [4.78, 5) is 25.9. The molecular weight excluding hydrogens is 308 g/mol. The lowest BCUT2D eigenvalue weighted by atomic mass is 10.1. The van der Waals surface area contributed by atoms with Crippen LogP contribution < -0.4 is 5.32 Å². The Morgan fingerprint density at radius 1 is 1.25 bits per heavy atom. The van der Waals surface area contributed by atoms with Crippen molar-refractivity contribution in [2.45, 2.75) is 45.6 Å². The van der Waals surface area contributed by atoms with Gasteiger partial charge in [0, 0.05) is 19.6 Å². The number of amides is 1. The number of esters is 1. The van der Waals surface area contributed by atoms with Gasteiger partial charge in [-0.1, -0.05) is 12.1 Å². The number of hydrogen-bond acceptors (Lipinski definition) is 5. The van der Waals surface area contributed by atoms with Crippen molar-refractivity contribution in [3.05, 3.63) is 35.4 Å². The Kier molecular flexibility index (Phi) is 6.34. The van der Waals surface area contributed by atoms with Crippen LogP contribution in [0.25, 0.3) is 0 Å². The Morgan fingerprint density at radius 2 is 1.83 bits per heavy atom. The Labute approximate surface area is 143 Å². The van der Waals surface area contributed by atoms with Gasteiger partial charge in [0.05, 0.1) is 30.9 Å². The van der Waals surface area contributed by atoms with Crippen LogP contribution >= 0.6 is 0 Å². The van der Waals surface area contributed by atoms with Gasteiger partial charge in [-0.2, -0.15) is 0 Å². The minimum absolute atomic E-state index is 0.00616. The van der Waals surface area contributed by atoms with Gasteiger partial charge in [0.1, 0.15) is 0 Å². The second kappa shape index (κ2) is 8.26. The number of nitrogens with one attached hydrogen (secondary N) is 1. The van der Waals surface area contributed by atoms with Crippen molar-refractivity contribution in [2.24, 2.45) is 0 Å². The average molecular weight is 334 g/mol.